The quantitative estimate of drug-likeness (QED) is 0.368. The fraction of sp³-hybridized carbons (Fsp3) is 0.636. The summed E-state index contributed by atoms with van der Waals surface area (Å²) in [6.45, 7) is 7.63. The van der Waals surface area contributed by atoms with Gasteiger partial charge in [-0.2, -0.15) is 0 Å². The molecule has 15 heavy (non-hydrogen) atoms. The second kappa shape index (κ2) is 8.03. The predicted octanol–water partition coefficient (Wildman–Crippen LogP) is 1.84. The zero-order valence-electron chi connectivity index (χ0n) is 9.38. The van der Waals surface area contributed by atoms with Gasteiger partial charge in [0.2, 0.25) is 0 Å². The zero-order chi connectivity index (χ0) is 11.7. The Balaban J connectivity index is 3.42. The summed E-state index contributed by atoms with van der Waals surface area (Å²) in [6, 6.07) is 0. The Bertz CT molecular complexity index is 233. The van der Waals surface area contributed by atoms with Gasteiger partial charge in [-0.25, -0.2) is 4.79 Å². The van der Waals surface area contributed by atoms with E-state index in [-0.39, 0.29) is 19.0 Å². The Morgan fingerprint density at radius 1 is 1.20 bits per heavy atom. The van der Waals surface area contributed by atoms with Crippen molar-refractivity contribution >= 4 is 11.9 Å². The van der Waals surface area contributed by atoms with E-state index in [9.17, 15) is 9.59 Å². The molecule has 0 N–H and O–H groups in total. The van der Waals surface area contributed by atoms with Crippen molar-refractivity contribution in [3.05, 3.63) is 12.2 Å². The van der Waals surface area contributed by atoms with Gasteiger partial charge in [0.15, 0.2) is 0 Å². The van der Waals surface area contributed by atoms with Gasteiger partial charge in [0, 0.05) is 12.0 Å². The van der Waals surface area contributed by atoms with E-state index in [1.165, 1.54) is 0 Å². The number of carbonyl (C=O) groups is 2. The van der Waals surface area contributed by atoms with Crippen LogP contribution in [0.25, 0.3) is 0 Å². The third-order valence-corrected chi connectivity index (χ3v) is 1.57. The molecule has 0 heterocycles. The Morgan fingerprint density at radius 2 is 1.87 bits per heavy atom. The van der Waals surface area contributed by atoms with E-state index in [1.807, 2.05) is 6.92 Å². The molecule has 0 amide bonds. The average Bonchev–Trinajstić information content (AvgIpc) is 2.20. The van der Waals surface area contributed by atoms with Gasteiger partial charge >= 0.3 is 11.9 Å². The van der Waals surface area contributed by atoms with Crippen LogP contribution in [0.15, 0.2) is 12.2 Å². The molecular formula is C11H18O4. The van der Waals surface area contributed by atoms with Crippen molar-refractivity contribution in [2.75, 3.05) is 13.2 Å². The van der Waals surface area contributed by atoms with Gasteiger partial charge in [-0.1, -0.05) is 13.5 Å². The average molecular weight is 214 g/mol. The van der Waals surface area contributed by atoms with Crippen LogP contribution in [0.1, 0.15) is 33.1 Å². The Hall–Kier alpha value is -1.32. The topological polar surface area (TPSA) is 52.6 Å². The summed E-state index contributed by atoms with van der Waals surface area (Å²) in [6.07, 6.45) is 1.58. The van der Waals surface area contributed by atoms with Crippen LogP contribution >= 0.6 is 0 Å². The molecule has 0 radical (unpaired) electrons. The highest BCUT2D eigenvalue weighted by atomic mass is 16.5. The van der Waals surface area contributed by atoms with E-state index in [1.54, 1.807) is 6.92 Å². The molecule has 0 spiro atoms. The maximum absolute atomic E-state index is 11.0. The number of hydrogen-bond donors (Lipinski definition) is 0. The van der Waals surface area contributed by atoms with Crippen LogP contribution < -0.4 is 0 Å². The highest BCUT2D eigenvalue weighted by Crippen LogP contribution is 1.97. The Labute approximate surface area is 90.2 Å². The highest BCUT2D eigenvalue weighted by Gasteiger charge is 2.05. The van der Waals surface area contributed by atoms with Crippen LogP contribution in [0, 0.1) is 0 Å². The molecule has 0 aromatic heterocycles. The molecular weight excluding hydrogens is 196 g/mol. The molecule has 0 aromatic carbocycles. The van der Waals surface area contributed by atoms with Crippen LogP contribution in [0.2, 0.25) is 0 Å². The van der Waals surface area contributed by atoms with Gasteiger partial charge in [-0.15, -0.1) is 0 Å². The van der Waals surface area contributed by atoms with Gasteiger partial charge in [0.05, 0.1) is 13.2 Å². The fourth-order valence-corrected chi connectivity index (χ4v) is 0.793. The normalized spacial score (nSPS) is 9.47. The maximum Gasteiger partial charge on any atom is 0.333 e. The summed E-state index contributed by atoms with van der Waals surface area (Å²) in [4.78, 5) is 21.9. The molecule has 0 fully saturated rings. The molecule has 0 aliphatic carbocycles. The second-order valence-electron chi connectivity index (χ2n) is 3.24. The smallest absolute Gasteiger partial charge is 0.333 e. The SMILES string of the molecule is C=C(C)C(=O)OCCCC(=O)OCCC. The van der Waals surface area contributed by atoms with Crippen molar-refractivity contribution in [1.82, 2.24) is 0 Å². The molecule has 0 aliphatic heterocycles. The maximum atomic E-state index is 11.0. The lowest BCUT2D eigenvalue weighted by molar-refractivity contribution is -0.145. The summed E-state index contributed by atoms with van der Waals surface area (Å²) in [5.41, 5.74) is 0.364. The second-order valence-corrected chi connectivity index (χ2v) is 3.24. The molecule has 4 heteroatoms. The van der Waals surface area contributed by atoms with Crippen molar-refractivity contribution in [3.8, 4) is 0 Å². The Morgan fingerprint density at radius 3 is 2.40 bits per heavy atom. The third kappa shape index (κ3) is 7.73. The van der Waals surface area contributed by atoms with Crippen LogP contribution in [-0.2, 0) is 19.1 Å². The van der Waals surface area contributed by atoms with E-state index in [0.717, 1.165) is 6.42 Å². The summed E-state index contributed by atoms with van der Waals surface area (Å²) < 4.78 is 9.66. The molecule has 86 valence electrons. The number of esters is 2. The lowest BCUT2D eigenvalue weighted by Crippen LogP contribution is -2.09. The van der Waals surface area contributed by atoms with Gasteiger partial charge in [0.1, 0.15) is 0 Å². The summed E-state index contributed by atoms with van der Waals surface area (Å²) >= 11 is 0. The van der Waals surface area contributed by atoms with Crippen molar-refractivity contribution in [2.45, 2.75) is 33.1 Å². The monoisotopic (exact) mass is 214 g/mol. The first kappa shape index (κ1) is 13.7. The standard InChI is InChI=1S/C11H18O4/c1-4-7-14-10(12)6-5-8-15-11(13)9(2)3/h2,4-8H2,1,3H3. The van der Waals surface area contributed by atoms with Gasteiger partial charge in [0.25, 0.3) is 0 Å². The minimum absolute atomic E-state index is 0.229. The van der Waals surface area contributed by atoms with Gasteiger partial charge in [-0.05, 0) is 19.8 Å². The lowest BCUT2D eigenvalue weighted by Gasteiger charge is -2.04. The molecule has 0 rings (SSSR count). The summed E-state index contributed by atoms with van der Waals surface area (Å²) in [7, 11) is 0. The van der Waals surface area contributed by atoms with E-state index < -0.39 is 5.97 Å². The molecule has 0 saturated heterocycles. The zero-order valence-corrected chi connectivity index (χ0v) is 9.38. The largest absolute Gasteiger partial charge is 0.466 e. The van der Waals surface area contributed by atoms with Crippen LogP contribution in [-0.4, -0.2) is 25.2 Å². The van der Waals surface area contributed by atoms with Crippen LogP contribution in [0.5, 0.6) is 0 Å². The number of carbonyl (C=O) groups excluding carboxylic acids is 2. The number of rotatable bonds is 7. The first-order valence-corrected chi connectivity index (χ1v) is 5.06. The number of ether oxygens (including phenoxy) is 2. The Kier molecular flexibility index (Phi) is 7.32. The predicted molar refractivity (Wildman–Crippen MR) is 56.3 cm³/mol. The van der Waals surface area contributed by atoms with E-state index >= 15 is 0 Å². The van der Waals surface area contributed by atoms with Crippen molar-refractivity contribution in [2.24, 2.45) is 0 Å². The molecule has 0 bridgehead atoms. The lowest BCUT2D eigenvalue weighted by atomic mass is 10.3. The highest BCUT2D eigenvalue weighted by molar-refractivity contribution is 5.86. The summed E-state index contributed by atoms with van der Waals surface area (Å²) in [5.74, 6) is -0.667. The van der Waals surface area contributed by atoms with Crippen molar-refractivity contribution in [3.63, 3.8) is 0 Å². The van der Waals surface area contributed by atoms with Gasteiger partial charge < -0.3 is 9.47 Å². The van der Waals surface area contributed by atoms with Crippen LogP contribution in [0.4, 0.5) is 0 Å². The number of hydrogen-bond acceptors (Lipinski definition) is 4. The molecule has 0 atom stereocenters. The molecule has 0 unspecified atom stereocenters. The molecule has 0 aliphatic rings. The van der Waals surface area contributed by atoms with Crippen molar-refractivity contribution < 1.29 is 19.1 Å². The minimum atomic E-state index is -0.420. The summed E-state index contributed by atoms with van der Waals surface area (Å²) in [5, 5.41) is 0. The fourth-order valence-electron chi connectivity index (χ4n) is 0.793. The van der Waals surface area contributed by atoms with Crippen molar-refractivity contribution in [1.29, 1.82) is 0 Å². The van der Waals surface area contributed by atoms with Gasteiger partial charge in [-0.3, -0.25) is 4.79 Å². The molecule has 4 nitrogen and oxygen atoms in total. The van der Waals surface area contributed by atoms with E-state index in [2.05, 4.69) is 6.58 Å². The third-order valence-electron chi connectivity index (χ3n) is 1.57. The van der Waals surface area contributed by atoms with Crippen LogP contribution in [0.3, 0.4) is 0 Å². The van der Waals surface area contributed by atoms with E-state index in [0.29, 0.717) is 18.6 Å². The molecule has 0 saturated carbocycles. The first-order chi connectivity index (χ1) is 7.07. The minimum Gasteiger partial charge on any atom is -0.466 e. The first-order valence-electron chi connectivity index (χ1n) is 5.06. The molecule has 0 aromatic rings. The van der Waals surface area contributed by atoms with E-state index in [4.69, 9.17) is 9.47 Å².